The van der Waals surface area contributed by atoms with Gasteiger partial charge in [-0.1, -0.05) is 31.5 Å². The lowest BCUT2D eigenvalue weighted by Crippen LogP contribution is -2.39. The van der Waals surface area contributed by atoms with Crippen molar-refractivity contribution >= 4 is 11.5 Å². The van der Waals surface area contributed by atoms with Crippen molar-refractivity contribution in [3.63, 3.8) is 0 Å². The van der Waals surface area contributed by atoms with Crippen LogP contribution in [0.3, 0.4) is 0 Å². The molecule has 0 aliphatic carbocycles. The number of aryl methyl sites for hydroxylation is 1. The monoisotopic (exact) mass is 421 g/mol. The first-order valence-electron chi connectivity index (χ1n) is 11.2. The second kappa shape index (κ2) is 9.62. The first-order valence-corrected chi connectivity index (χ1v) is 11.2. The summed E-state index contributed by atoms with van der Waals surface area (Å²) in [6.07, 6.45) is 0. The zero-order valence-corrected chi connectivity index (χ0v) is 18.7. The number of likely N-dealkylation sites (N-methyl/N-ethyl adjacent to an activating group) is 1. The van der Waals surface area contributed by atoms with E-state index in [4.69, 9.17) is 4.98 Å². The van der Waals surface area contributed by atoms with Gasteiger partial charge in [-0.25, -0.2) is 9.37 Å². The predicted octanol–water partition coefficient (Wildman–Crippen LogP) is 4.90. The third-order valence-corrected chi connectivity index (χ3v) is 6.11. The van der Waals surface area contributed by atoms with Crippen LogP contribution >= 0.6 is 0 Å². The normalized spacial score (nSPS) is 14.1. The average molecular weight is 422 g/mol. The van der Waals surface area contributed by atoms with Gasteiger partial charge < -0.3 is 14.8 Å². The Balaban J connectivity index is 1.62. The third-order valence-electron chi connectivity index (χ3n) is 6.11. The van der Waals surface area contributed by atoms with Gasteiger partial charge in [0.25, 0.3) is 0 Å². The number of aromatic nitrogens is 2. The standard InChI is InChI=1S/C25H32FN5/c1-4-29(5-2)14-15-30-16-17-31-23(18-30)28-24(20-8-10-21(26)11-9-20)25(31)27-22-12-6-19(3)7-13-22/h6-13,27H,4-5,14-18H2,1-3H3. The van der Waals surface area contributed by atoms with Gasteiger partial charge in [-0.3, -0.25) is 4.90 Å². The maximum atomic E-state index is 13.5. The number of rotatable bonds is 8. The molecule has 1 N–H and O–H groups in total. The quantitative estimate of drug-likeness (QED) is 0.561. The van der Waals surface area contributed by atoms with Gasteiger partial charge in [0.2, 0.25) is 0 Å². The summed E-state index contributed by atoms with van der Waals surface area (Å²) in [6.45, 7) is 13.5. The van der Waals surface area contributed by atoms with E-state index in [0.717, 1.165) is 74.4 Å². The van der Waals surface area contributed by atoms with Crippen molar-refractivity contribution in [3.05, 3.63) is 65.7 Å². The second-order valence-corrected chi connectivity index (χ2v) is 8.18. The lowest BCUT2D eigenvalue weighted by molar-refractivity contribution is 0.181. The Hall–Kier alpha value is -2.70. The minimum atomic E-state index is -0.233. The van der Waals surface area contributed by atoms with Gasteiger partial charge in [0.15, 0.2) is 0 Å². The van der Waals surface area contributed by atoms with Crippen LogP contribution in [0.1, 0.15) is 25.2 Å². The van der Waals surface area contributed by atoms with Crippen molar-refractivity contribution in [2.75, 3.05) is 38.0 Å². The molecule has 2 aromatic carbocycles. The zero-order chi connectivity index (χ0) is 21.8. The Morgan fingerprint density at radius 2 is 1.71 bits per heavy atom. The Bertz CT molecular complexity index is 990. The molecule has 1 aliphatic rings. The lowest BCUT2D eigenvalue weighted by atomic mass is 10.1. The highest BCUT2D eigenvalue weighted by atomic mass is 19.1. The highest BCUT2D eigenvalue weighted by Gasteiger charge is 2.24. The number of imidazole rings is 1. The molecular weight excluding hydrogens is 389 g/mol. The number of hydrogen-bond acceptors (Lipinski definition) is 4. The molecular formula is C25H32FN5. The molecule has 0 amide bonds. The number of halogens is 1. The van der Waals surface area contributed by atoms with Crippen molar-refractivity contribution < 1.29 is 4.39 Å². The maximum Gasteiger partial charge on any atom is 0.138 e. The van der Waals surface area contributed by atoms with Crippen molar-refractivity contribution in [1.29, 1.82) is 0 Å². The minimum Gasteiger partial charge on any atom is -0.340 e. The van der Waals surface area contributed by atoms with Crippen LogP contribution < -0.4 is 5.32 Å². The van der Waals surface area contributed by atoms with Gasteiger partial charge in [-0.2, -0.15) is 0 Å². The molecule has 3 aromatic rings. The van der Waals surface area contributed by atoms with Crippen LogP contribution in [0.2, 0.25) is 0 Å². The fourth-order valence-electron chi connectivity index (χ4n) is 4.10. The third kappa shape index (κ3) is 4.97. The van der Waals surface area contributed by atoms with E-state index in [0.29, 0.717) is 0 Å². The van der Waals surface area contributed by atoms with Crippen LogP contribution in [0.5, 0.6) is 0 Å². The molecule has 0 saturated heterocycles. The summed E-state index contributed by atoms with van der Waals surface area (Å²) in [7, 11) is 0. The highest BCUT2D eigenvalue weighted by Crippen LogP contribution is 2.33. The van der Waals surface area contributed by atoms with Crippen molar-refractivity contribution in [2.24, 2.45) is 0 Å². The SMILES string of the molecule is CCN(CC)CCN1CCn2c(nc(-c3ccc(F)cc3)c2Nc2ccc(C)cc2)C1. The second-order valence-electron chi connectivity index (χ2n) is 8.18. The van der Waals surface area contributed by atoms with Gasteiger partial charge in [-0.05, 0) is 56.4 Å². The molecule has 1 aliphatic heterocycles. The van der Waals surface area contributed by atoms with Crippen LogP contribution in [0, 0.1) is 12.7 Å². The van der Waals surface area contributed by atoms with Gasteiger partial charge in [0, 0.05) is 37.4 Å². The topological polar surface area (TPSA) is 36.3 Å². The van der Waals surface area contributed by atoms with Gasteiger partial charge in [-0.15, -0.1) is 0 Å². The summed E-state index contributed by atoms with van der Waals surface area (Å²) in [6, 6.07) is 15.0. The van der Waals surface area contributed by atoms with E-state index >= 15 is 0 Å². The molecule has 6 heteroatoms. The Morgan fingerprint density at radius 3 is 2.39 bits per heavy atom. The molecule has 164 valence electrons. The molecule has 1 aromatic heterocycles. The van der Waals surface area contributed by atoms with E-state index in [1.165, 1.54) is 17.7 Å². The molecule has 31 heavy (non-hydrogen) atoms. The molecule has 0 atom stereocenters. The van der Waals surface area contributed by atoms with E-state index in [9.17, 15) is 4.39 Å². The molecule has 2 heterocycles. The largest absolute Gasteiger partial charge is 0.340 e. The Morgan fingerprint density at radius 1 is 1.00 bits per heavy atom. The van der Waals surface area contributed by atoms with Crippen LogP contribution in [0.4, 0.5) is 15.9 Å². The highest BCUT2D eigenvalue weighted by molar-refractivity contribution is 5.76. The lowest BCUT2D eigenvalue weighted by Gasteiger charge is -2.30. The number of hydrogen-bond donors (Lipinski definition) is 1. The number of fused-ring (bicyclic) bond motifs is 1. The molecule has 0 radical (unpaired) electrons. The molecule has 5 nitrogen and oxygen atoms in total. The Labute approximate surface area is 184 Å². The summed E-state index contributed by atoms with van der Waals surface area (Å²) in [5.41, 5.74) is 4.05. The number of nitrogens with zero attached hydrogens (tertiary/aromatic N) is 4. The van der Waals surface area contributed by atoms with E-state index < -0.39 is 0 Å². The summed E-state index contributed by atoms with van der Waals surface area (Å²) in [4.78, 5) is 9.94. The van der Waals surface area contributed by atoms with Crippen molar-refractivity contribution in [2.45, 2.75) is 33.9 Å². The molecule has 0 saturated carbocycles. The fourth-order valence-corrected chi connectivity index (χ4v) is 4.10. The summed E-state index contributed by atoms with van der Waals surface area (Å²) in [5.74, 6) is 1.80. The first-order chi connectivity index (χ1) is 15.1. The average Bonchev–Trinajstić information content (AvgIpc) is 3.14. The van der Waals surface area contributed by atoms with Crippen LogP contribution in [0.15, 0.2) is 48.5 Å². The molecule has 0 bridgehead atoms. The van der Waals surface area contributed by atoms with Crippen molar-refractivity contribution in [1.82, 2.24) is 19.4 Å². The number of anilines is 2. The van der Waals surface area contributed by atoms with E-state index in [1.807, 2.05) is 12.1 Å². The van der Waals surface area contributed by atoms with Crippen LogP contribution in [-0.4, -0.2) is 52.1 Å². The predicted molar refractivity (Wildman–Crippen MR) is 125 cm³/mol. The minimum absolute atomic E-state index is 0.233. The molecule has 4 rings (SSSR count). The molecule has 0 fully saturated rings. The van der Waals surface area contributed by atoms with Crippen LogP contribution in [0.25, 0.3) is 11.3 Å². The van der Waals surface area contributed by atoms with Gasteiger partial charge in [0.1, 0.15) is 23.2 Å². The number of nitrogens with one attached hydrogen (secondary N) is 1. The summed E-state index contributed by atoms with van der Waals surface area (Å²) >= 11 is 0. The summed E-state index contributed by atoms with van der Waals surface area (Å²) in [5, 5.41) is 3.58. The summed E-state index contributed by atoms with van der Waals surface area (Å²) < 4.78 is 15.8. The van der Waals surface area contributed by atoms with E-state index in [2.05, 4.69) is 64.7 Å². The van der Waals surface area contributed by atoms with Crippen LogP contribution in [-0.2, 0) is 13.1 Å². The van der Waals surface area contributed by atoms with Crippen molar-refractivity contribution in [3.8, 4) is 11.3 Å². The Kier molecular flexibility index (Phi) is 6.68. The molecule has 0 spiro atoms. The first kappa shape index (κ1) is 21.5. The van der Waals surface area contributed by atoms with Gasteiger partial charge in [0.05, 0.1) is 6.54 Å². The zero-order valence-electron chi connectivity index (χ0n) is 18.7. The fraction of sp³-hybridized carbons (Fsp3) is 0.400. The smallest absolute Gasteiger partial charge is 0.138 e. The van der Waals surface area contributed by atoms with E-state index in [-0.39, 0.29) is 5.82 Å². The van der Waals surface area contributed by atoms with Gasteiger partial charge >= 0.3 is 0 Å². The van der Waals surface area contributed by atoms with E-state index in [1.54, 1.807) is 0 Å². The molecule has 0 unspecified atom stereocenters. The maximum absolute atomic E-state index is 13.5. The number of benzene rings is 2.